The number of anilines is 1. The van der Waals surface area contributed by atoms with Crippen LogP contribution in [0.25, 0.3) is 11.3 Å². The van der Waals surface area contributed by atoms with Crippen molar-refractivity contribution in [1.82, 2.24) is 9.78 Å². The third kappa shape index (κ3) is 5.11. The van der Waals surface area contributed by atoms with E-state index >= 15 is 0 Å². The van der Waals surface area contributed by atoms with Crippen LogP contribution in [0.5, 0.6) is 0 Å². The Kier molecular flexibility index (Phi) is 7.20. The van der Waals surface area contributed by atoms with Crippen LogP contribution >= 0.6 is 0 Å². The van der Waals surface area contributed by atoms with Crippen molar-refractivity contribution < 1.29 is 14.3 Å². The van der Waals surface area contributed by atoms with Gasteiger partial charge in [-0.15, -0.1) is 0 Å². The number of rotatable bonds is 7. The number of hydrogen-bond acceptors (Lipinski definition) is 5. The molecule has 0 saturated heterocycles. The van der Waals surface area contributed by atoms with Crippen molar-refractivity contribution in [2.45, 2.75) is 40.2 Å². The molecule has 1 N–H and O–H groups in total. The number of esters is 1. The van der Waals surface area contributed by atoms with E-state index < -0.39 is 12.0 Å². The lowest BCUT2D eigenvalue weighted by atomic mass is 10.0. The molecular formula is C25H27N3O4. The minimum Gasteiger partial charge on any atom is -0.462 e. The van der Waals surface area contributed by atoms with Crippen LogP contribution in [0.2, 0.25) is 0 Å². The average Bonchev–Trinajstić information content (AvgIpc) is 2.78. The number of carbonyl (C=O) groups is 2. The van der Waals surface area contributed by atoms with E-state index in [1.165, 1.54) is 16.3 Å². The Bertz CT molecular complexity index is 1180. The maximum absolute atomic E-state index is 13.0. The molecule has 1 atom stereocenters. The molecule has 0 bridgehead atoms. The van der Waals surface area contributed by atoms with Gasteiger partial charge in [0, 0.05) is 17.3 Å². The van der Waals surface area contributed by atoms with Gasteiger partial charge in [-0.25, -0.2) is 9.48 Å². The van der Waals surface area contributed by atoms with Gasteiger partial charge in [0.1, 0.15) is 6.04 Å². The lowest BCUT2D eigenvalue weighted by molar-refractivity contribution is -0.119. The van der Waals surface area contributed by atoms with Crippen LogP contribution in [0.1, 0.15) is 47.8 Å². The number of nitrogens with one attached hydrogen (secondary N) is 1. The van der Waals surface area contributed by atoms with Gasteiger partial charge in [-0.05, 0) is 74.7 Å². The predicted octanol–water partition coefficient (Wildman–Crippen LogP) is 4.29. The molecule has 0 fully saturated rings. The molecule has 0 aliphatic rings. The largest absolute Gasteiger partial charge is 0.462 e. The van der Waals surface area contributed by atoms with Crippen LogP contribution in [-0.2, 0) is 9.53 Å². The van der Waals surface area contributed by atoms with E-state index in [1.54, 1.807) is 37.3 Å². The van der Waals surface area contributed by atoms with Gasteiger partial charge in [-0.2, -0.15) is 5.10 Å². The van der Waals surface area contributed by atoms with Crippen LogP contribution in [-0.4, -0.2) is 28.3 Å². The van der Waals surface area contributed by atoms with Gasteiger partial charge in [0.25, 0.3) is 5.56 Å². The van der Waals surface area contributed by atoms with Crippen LogP contribution in [0.3, 0.4) is 0 Å². The molecule has 0 saturated carbocycles. The van der Waals surface area contributed by atoms with Crippen LogP contribution in [0.4, 0.5) is 5.69 Å². The molecule has 32 heavy (non-hydrogen) atoms. The number of carbonyl (C=O) groups excluding carboxylic acids is 2. The molecule has 7 nitrogen and oxygen atoms in total. The summed E-state index contributed by atoms with van der Waals surface area (Å²) >= 11 is 0. The normalized spacial score (nSPS) is 11.6. The number of amides is 1. The first-order valence-corrected chi connectivity index (χ1v) is 10.6. The van der Waals surface area contributed by atoms with Gasteiger partial charge in [0.05, 0.1) is 17.9 Å². The van der Waals surface area contributed by atoms with Crippen molar-refractivity contribution in [3.63, 3.8) is 0 Å². The highest BCUT2D eigenvalue weighted by molar-refractivity contribution is 5.95. The molecule has 0 spiro atoms. The fraction of sp³-hybridized carbons (Fsp3) is 0.280. The number of aromatic nitrogens is 2. The summed E-state index contributed by atoms with van der Waals surface area (Å²) in [5.41, 5.74) is 4.36. The number of ether oxygens (including phenoxy) is 1. The first-order chi connectivity index (χ1) is 15.3. The van der Waals surface area contributed by atoms with Gasteiger partial charge in [-0.1, -0.05) is 19.1 Å². The molecule has 1 aromatic heterocycles. The summed E-state index contributed by atoms with van der Waals surface area (Å²) in [5.74, 6) is -0.779. The third-order valence-electron chi connectivity index (χ3n) is 5.28. The molecule has 7 heteroatoms. The van der Waals surface area contributed by atoms with Gasteiger partial charge < -0.3 is 10.1 Å². The number of benzene rings is 2. The summed E-state index contributed by atoms with van der Waals surface area (Å²) in [4.78, 5) is 37.3. The fourth-order valence-corrected chi connectivity index (χ4v) is 3.30. The zero-order chi connectivity index (χ0) is 23.3. The smallest absolute Gasteiger partial charge is 0.338 e. The molecule has 0 aliphatic carbocycles. The summed E-state index contributed by atoms with van der Waals surface area (Å²) < 4.78 is 6.19. The predicted molar refractivity (Wildman–Crippen MR) is 124 cm³/mol. The van der Waals surface area contributed by atoms with Crippen molar-refractivity contribution in [3.05, 3.63) is 81.6 Å². The molecule has 1 heterocycles. The van der Waals surface area contributed by atoms with E-state index in [4.69, 9.17) is 4.74 Å². The van der Waals surface area contributed by atoms with Crippen LogP contribution < -0.4 is 10.9 Å². The number of nitrogens with zero attached hydrogens (tertiary/aromatic N) is 2. The second kappa shape index (κ2) is 10.0. The van der Waals surface area contributed by atoms with E-state index in [9.17, 15) is 14.4 Å². The first kappa shape index (κ1) is 22.9. The fourth-order valence-electron chi connectivity index (χ4n) is 3.30. The minimum absolute atomic E-state index is 0.290. The average molecular weight is 434 g/mol. The Morgan fingerprint density at radius 2 is 1.72 bits per heavy atom. The van der Waals surface area contributed by atoms with E-state index in [0.717, 1.165) is 11.1 Å². The number of aryl methyl sites for hydroxylation is 2. The molecule has 166 valence electrons. The first-order valence-electron chi connectivity index (χ1n) is 10.6. The maximum Gasteiger partial charge on any atom is 0.338 e. The SMILES string of the molecule is CCOC(=O)c1ccc(NC(=O)C(CC)n2nc(-c3ccc(C)c(C)c3)ccc2=O)cc1. The lowest BCUT2D eigenvalue weighted by Crippen LogP contribution is -2.34. The van der Waals surface area contributed by atoms with Crippen molar-refractivity contribution in [3.8, 4) is 11.3 Å². The Balaban J connectivity index is 1.84. The van der Waals surface area contributed by atoms with Crippen molar-refractivity contribution in [2.24, 2.45) is 0 Å². The summed E-state index contributed by atoms with van der Waals surface area (Å²) in [5, 5.41) is 7.29. The summed E-state index contributed by atoms with van der Waals surface area (Å²) in [7, 11) is 0. The Hall–Kier alpha value is -3.74. The zero-order valence-corrected chi connectivity index (χ0v) is 18.7. The molecule has 3 aromatic rings. The molecular weight excluding hydrogens is 406 g/mol. The van der Waals surface area contributed by atoms with E-state index in [1.807, 2.05) is 39.0 Å². The van der Waals surface area contributed by atoms with E-state index in [-0.39, 0.29) is 11.5 Å². The molecule has 1 amide bonds. The maximum atomic E-state index is 13.0. The topological polar surface area (TPSA) is 90.3 Å². The van der Waals surface area contributed by atoms with Crippen molar-refractivity contribution >= 4 is 17.6 Å². The van der Waals surface area contributed by atoms with E-state index in [0.29, 0.717) is 30.0 Å². The van der Waals surface area contributed by atoms with E-state index in [2.05, 4.69) is 10.4 Å². The molecule has 2 aromatic carbocycles. The Labute approximate surface area is 187 Å². The quantitative estimate of drug-likeness (QED) is 0.561. The van der Waals surface area contributed by atoms with Gasteiger partial charge in [-0.3, -0.25) is 9.59 Å². The molecule has 0 radical (unpaired) electrons. The highest BCUT2D eigenvalue weighted by Crippen LogP contribution is 2.21. The van der Waals surface area contributed by atoms with Gasteiger partial charge >= 0.3 is 5.97 Å². The highest BCUT2D eigenvalue weighted by Gasteiger charge is 2.22. The van der Waals surface area contributed by atoms with Gasteiger partial charge in [0.15, 0.2) is 0 Å². The second-order valence-electron chi connectivity index (χ2n) is 7.51. The van der Waals surface area contributed by atoms with Crippen molar-refractivity contribution in [1.29, 1.82) is 0 Å². The molecule has 0 aliphatic heterocycles. The second-order valence-corrected chi connectivity index (χ2v) is 7.51. The third-order valence-corrected chi connectivity index (χ3v) is 5.28. The Morgan fingerprint density at radius 1 is 1.00 bits per heavy atom. The summed E-state index contributed by atoms with van der Waals surface area (Å²) in [6, 6.07) is 14.7. The lowest BCUT2D eigenvalue weighted by Gasteiger charge is -2.18. The molecule has 1 unspecified atom stereocenters. The Morgan fingerprint density at radius 3 is 2.34 bits per heavy atom. The van der Waals surface area contributed by atoms with Crippen molar-refractivity contribution in [2.75, 3.05) is 11.9 Å². The minimum atomic E-state index is -0.779. The number of hydrogen-bond donors (Lipinski definition) is 1. The zero-order valence-electron chi connectivity index (χ0n) is 18.7. The monoisotopic (exact) mass is 433 g/mol. The van der Waals surface area contributed by atoms with Crippen LogP contribution in [0, 0.1) is 13.8 Å². The van der Waals surface area contributed by atoms with Gasteiger partial charge in [0.2, 0.25) is 5.91 Å². The molecule has 3 rings (SSSR count). The summed E-state index contributed by atoms with van der Waals surface area (Å²) in [6.45, 7) is 7.90. The highest BCUT2D eigenvalue weighted by atomic mass is 16.5. The standard InChI is InChI=1S/C25H27N3O4/c1-5-22(24(30)26-20-11-9-18(10-12-20)25(31)32-6-2)28-23(29)14-13-21(27-28)19-8-7-16(3)17(4)15-19/h7-15,22H,5-6H2,1-4H3,(H,26,30). The summed E-state index contributed by atoms with van der Waals surface area (Å²) in [6.07, 6.45) is 0.385. The van der Waals surface area contributed by atoms with Crippen LogP contribution in [0.15, 0.2) is 59.4 Å².